The fourth-order valence-electron chi connectivity index (χ4n) is 7.70. The van der Waals surface area contributed by atoms with Crippen molar-refractivity contribution in [2.24, 2.45) is 4.99 Å². The van der Waals surface area contributed by atoms with E-state index in [0.29, 0.717) is 0 Å². The van der Waals surface area contributed by atoms with Gasteiger partial charge in [-0.05, 0) is 53.2 Å². The van der Waals surface area contributed by atoms with Gasteiger partial charge in [0.05, 0.1) is 16.7 Å². The molecule has 47 heavy (non-hydrogen) atoms. The van der Waals surface area contributed by atoms with Gasteiger partial charge >= 0.3 is 0 Å². The second-order valence-electron chi connectivity index (χ2n) is 12.4. The van der Waals surface area contributed by atoms with Gasteiger partial charge in [0.2, 0.25) is 6.29 Å². The molecule has 0 saturated carbocycles. The summed E-state index contributed by atoms with van der Waals surface area (Å²) in [7, 11) is 0. The number of furan rings is 1. The summed E-state index contributed by atoms with van der Waals surface area (Å²) in [4.78, 5) is 5.60. The van der Waals surface area contributed by atoms with Crippen LogP contribution in [-0.4, -0.2) is 10.3 Å². The molecule has 1 aliphatic heterocycles. The molecule has 0 bridgehead atoms. The molecule has 1 N–H and O–H groups in total. The van der Waals surface area contributed by atoms with Crippen molar-refractivity contribution in [3.63, 3.8) is 0 Å². The summed E-state index contributed by atoms with van der Waals surface area (Å²) in [6.07, 6.45) is -0.370. The minimum atomic E-state index is -0.370. The van der Waals surface area contributed by atoms with E-state index in [1.165, 1.54) is 41.7 Å². The number of aliphatic imine (C=N–C) groups is 1. The summed E-state index contributed by atoms with van der Waals surface area (Å²) in [5, 5.41) is 13.5. The van der Waals surface area contributed by atoms with Crippen LogP contribution in [0, 0.1) is 0 Å². The molecule has 1 atom stereocenters. The molecular weight excluding hydrogens is 595 g/mol. The fourth-order valence-corrected chi connectivity index (χ4v) is 8.87. The Labute approximate surface area is 272 Å². The Morgan fingerprint density at radius 2 is 1.32 bits per heavy atom. The zero-order valence-corrected chi connectivity index (χ0v) is 25.9. The Morgan fingerprint density at radius 3 is 2.26 bits per heavy atom. The van der Waals surface area contributed by atoms with Gasteiger partial charge in [-0.1, -0.05) is 91.0 Å². The number of anilines is 1. The molecule has 0 spiro atoms. The highest BCUT2D eigenvalue weighted by Crippen LogP contribution is 2.43. The lowest BCUT2D eigenvalue weighted by molar-refractivity contribution is 0.623. The van der Waals surface area contributed by atoms with Crippen LogP contribution in [0.3, 0.4) is 0 Å². The molecule has 0 saturated heterocycles. The molecule has 3 aromatic heterocycles. The molecule has 10 aromatic rings. The molecule has 1 aliphatic rings. The van der Waals surface area contributed by atoms with Crippen molar-refractivity contribution in [1.29, 1.82) is 0 Å². The summed E-state index contributed by atoms with van der Waals surface area (Å²) in [5.74, 6) is 0. The predicted octanol–water partition coefficient (Wildman–Crippen LogP) is 11.6. The summed E-state index contributed by atoms with van der Waals surface area (Å²) in [5.41, 5.74) is 8.33. The van der Waals surface area contributed by atoms with Gasteiger partial charge in [-0.25, -0.2) is 4.99 Å². The normalized spacial score (nSPS) is 14.9. The molecule has 11 rings (SSSR count). The van der Waals surface area contributed by atoms with E-state index in [-0.39, 0.29) is 6.29 Å². The molecule has 1 unspecified atom stereocenters. The van der Waals surface area contributed by atoms with Crippen LogP contribution in [0.15, 0.2) is 149 Å². The van der Waals surface area contributed by atoms with Gasteiger partial charge in [-0.15, -0.1) is 11.3 Å². The average Bonchev–Trinajstić information content (AvgIpc) is 3.78. The topological polar surface area (TPSA) is 42.5 Å². The van der Waals surface area contributed by atoms with Gasteiger partial charge in [-0.2, -0.15) is 0 Å². The quantitative estimate of drug-likeness (QED) is 0.209. The smallest absolute Gasteiger partial charge is 0.201 e. The number of hydrogen-bond donors (Lipinski definition) is 1. The molecule has 0 radical (unpaired) electrons. The van der Waals surface area contributed by atoms with E-state index in [4.69, 9.17) is 9.41 Å². The summed E-state index contributed by atoms with van der Waals surface area (Å²) in [6, 6.07) is 49.9. The summed E-state index contributed by atoms with van der Waals surface area (Å²) >= 11 is 1.85. The molecule has 5 heteroatoms. The van der Waals surface area contributed by atoms with Crippen LogP contribution in [0.4, 0.5) is 5.69 Å². The first-order valence-electron chi connectivity index (χ1n) is 15.9. The molecule has 4 heterocycles. The van der Waals surface area contributed by atoms with Crippen LogP contribution in [0.5, 0.6) is 0 Å². The second-order valence-corrected chi connectivity index (χ2v) is 13.5. The first kappa shape index (κ1) is 25.3. The molecule has 4 nitrogen and oxygen atoms in total. The molecule has 0 amide bonds. The van der Waals surface area contributed by atoms with E-state index >= 15 is 0 Å². The van der Waals surface area contributed by atoms with Gasteiger partial charge in [0.25, 0.3) is 0 Å². The van der Waals surface area contributed by atoms with Crippen molar-refractivity contribution in [3.8, 4) is 0 Å². The number of thiophene rings is 1. The van der Waals surface area contributed by atoms with E-state index < -0.39 is 0 Å². The van der Waals surface area contributed by atoms with Crippen LogP contribution in [-0.2, 0) is 0 Å². The Bertz CT molecular complexity index is 2960. The molecular formula is C42H25N3OS. The lowest BCUT2D eigenvalue weighted by Crippen LogP contribution is -2.25. The Morgan fingerprint density at radius 1 is 0.553 bits per heavy atom. The van der Waals surface area contributed by atoms with Crippen molar-refractivity contribution >= 4 is 97.4 Å². The predicted molar refractivity (Wildman–Crippen MR) is 198 cm³/mol. The van der Waals surface area contributed by atoms with Crippen LogP contribution >= 0.6 is 11.3 Å². The number of nitrogens with zero attached hydrogens (tertiary/aromatic N) is 2. The van der Waals surface area contributed by atoms with Crippen molar-refractivity contribution in [3.05, 3.63) is 151 Å². The zero-order chi connectivity index (χ0) is 30.6. The van der Waals surface area contributed by atoms with E-state index in [0.717, 1.165) is 55.5 Å². The number of nitrogens with one attached hydrogen (secondary N) is 1. The van der Waals surface area contributed by atoms with E-state index in [1.807, 2.05) is 23.5 Å². The molecule has 7 aromatic carbocycles. The van der Waals surface area contributed by atoms with Crippen molar-refractivity contribution in [2.75, 3.05) is 5.32 Å². The minimum absolute atomic E-state index is 0.370. The number of fused-ring (bicyclic) bond motifs is 11. The van der Waals surface area contributed by atoms with Gasteiger partial charge < -0.3 is 14.3 Å². The second kappa shape index (κ2) is 9.32. The van der Waals surface area contributed by atoms with E-state index in [1.54, 1.807) is 0 Å². The number of aromatic nitrogens is 1. The van der Waals surface area contributed by atoms with Crippen LogP contribution in [0.2, 0.25) is 0 Å². The Kier molecular flexibility index (Phi) is 5.02. The standard InChI is InChI=1S/C42H25N3OS/c1-2-11-25-21-39-32(20-24(25)10-1)40-29(15-9-19-38(40)47-39)41-28-14-3-6-16-33(28)43-42(44-41)45-34-17-7-4-12-26(34)30-22-31-27-13-5-8-18-36(27)46-37(31)23-35(30)45/h1-23,42-43H. The molecule has 0 aliphatic carbocycles. The van der Waals surface area contributed by atoms with Gasteiger partial charge in [0.15, 0.2) is 0 Å². The van der Waals surface area contributed by atoms with Crippen LogP contribution in [0.1, 0.15) is 17.4 Å². The third-order valence-electron chi connectivity index (χ3n) is 9.79. The maximum Gasteiger partial charge on any atom is 0.201 e. The lowest BCUT2D eigenvalue weighted by atomic mass is 9.94. The van der Waals surface area contributed by atoms with Crippen molar-refractivity contribution in [1.82, 2.24) is 4.57 Å². The average molecular weight is 620 g/mol. The Balaban J connectivity index is 1.20. The SMILES string of the molecule is c1ccc2c(c1)NC(n1c3ccccc3c3cc4c(cc31)oc1ccccc14)N=C2c1cccc2sc3cc4ccccc4cc3c12. The van der Waals surface area contributed by atoms with Crippen molar-refractivity contribution < 1.29 is 4.42 Å². The minimum Gasteiger partial charge on any atom is -0.456 e. The molecule has 0 fully saturated rings. The van der Waals surface area contributed by atoms with Crippen molar-refractivity contribution in [2.45, 2.75) is 6.29 Å². The van der Waals surface area contributed by atoms with Gasteiger partial charge in [-0.3, -0.25) is 0 Å². The maximum atomic E-state index is 6.39. The monoisotopic (exact) mass is 619 g/mol. The van der Waals surface area contributed by atoms with E-state index in [2.05, 4.69) is 137 Å². The first-order valence-corrected chi connectivity index (χ1v) is 16.7. The first-order chi connectivity index (χ1) is 23.3. The lowest BCUT2D eigenvalue weighted by Gasteiger charge is -2.28. The highest BCUT2D eigenvalue weighted by molar-refractivity contribution is 7.26. The van der Waals surface area contributed by atoms with Gasteiger partial charge in [0.1, 0.15) is 11.2 Å². The third kappa shape index (κ3) is 3.55. The summed E-state index contributed by atoms with van der Waals surface area (Å²) < 4.78 is 11.3. The Hall–Kier alpha value is -5.91. The number of benzene rings is 7. The van der Waals surface area contributed by atoms with Crippen LogP contribution < -0.4 is 5.32 Å². The number of hydrogen-bond acceptors (Lipinski definition) is 4. The number of para-hydroxylation sites is 3. The maximum absolute atomic E-state index is 6.39. The van der Waals surface area contributed by atoms with Crippen LogP contribution in [0.25, 0.3) is 74.7 Å². The summed E-state index contributed by atoms with van der Waals surface area (Å²) in [6.45, 7) is 0. The number of rotatable bonds is 2. The highest BCUT2D eigenvalue weighted by atomic mass is 32.1. The molecule has 220 valence electrons. The third-order valence-corrected chi connectivity index (χ3v) is 10.9. The highest BCUT2D eigenvalue weighted by Gasteiger charge is 2.27. The fraction of sp³-hybridized carbons (Fsp3) is 0.0238. The zero-order valence-electron chi connectivity index (χ0n) is 25.1. The van der Waals surface area contributed by atoms with Gasteiger partial charge in [0, 0.05) is 64.6 Å². The largest absolute Gasteiger partial charge is 0.456 e. The van der Waals surface area contributed by atoms with E-state index in [9.17, 15) is 0 Å².